The van der Waals surface area contributed by atoms with Crippen LogP contribution in [0.4, 0.5) is 10.5 Å². The number of alkyl carbamates (subject to hydrolysis) is 1. The van der Waals surface area contributed by atoms with Crippen molar-refractivity contribution in [3.8, 4) is 12.1 Å². The Morgan fingerprint density at radius 3 is 2.45 bits per heavy atom. The Bertz CT molecular complexity index is 606. The van der Waals surface area contributed by atoms with Crippen LogP contribution in [0.1, 0.15) is 38.3 Å². The molecule has 0 heterocycles. The predicted molar refractivity (Wildman–Crippen MR) is 83.2 cm³/mol. The first kappa shape index (κ1) is 17.3. The van der Waals surface area contributed by atoms with E-state index in [9.17, 15) is 4.79 Å². The first-order valence-electron chi connectivity index (χ1n) is 7.00. The van der Waals surface area contributed by atoms with Crippen molar-refractivity contribution in [3.63, 3.8) is 0 Å². The van der Waals surface area contributed by atoms with E-state index in [1.165, 1.54) is 0 Å². The summed E-state index contributed by atoms with van der Waals surface area (Å²) in [6, 6.07) is 8.96. The summed E-state index contributed by atoms with van der Waals surface area (Å²) in [6.07, 6.45) is 0.277. The summed E-state index contributed by atoms with van der Waals surface area (Å²) in [7, 11) is 0. The Balaban J connectivity index is 2.33. The molecule has 1 rings (SSSR count). The molecule has 0 atom stereocenters. The summed E-state index contributed by atoms with van der Waals surface area (Å²) in [5, 5.41) is 23.6. The minimum atomic E-state index is -0.501. The van der Waals surface area contributed by atoms with Gasteiger partial charge in [-0.05, 0) is 45.4 Å². The Kier molecular flexibility index (Phi) is 6.22. The number of carbonyl (C=O) groups is 1. The van der Waals surface area contributed by atoms with Gasteiger partial charge in [0.05, 0.1) is 11.1 Å². The summed E-state index contributed by atoms with van der Waals surface area (Å²) >= 11 is 0. The molecule has 2 N–H and O–H groups in total. The first-order chi connectivity index (χ1) is 10.4. The topological polar surface area (TPSA) is 97.9 Å². The van der Waals surface area contributed by atoms with E-state index in [0.29, 0.717) is 30.6 Å². The average Bonchev–Trinajstić information content (AvgIpc) is 2.44. The number of rotatable bonds is 5. The fourth-order valence-corrected chi connectivity index (χ4v) is 1.67. The number of nitriles is 2. The molecule has 0 aliphatic heterocycles. The standard InChI is InChI=1S/C16H20N4O2/c1-16(2,3)22-15(21)20-8-4-7-19-14-6-5-12(10-17)13(9-14)11-18/h5-6,9,19H,4,7-8H2,1-3H3,(H,20,21). The van der Waals surface area contributed by atoms with Crippen LogP contribution >= 0.6 is 0 Å². The van der Waals surface area contributed by atoms with Gasteiger partial charge in [0.2, 0.25) is 0 Å². The molecule has 22 heavy (non-hydrogen) atoms. The van der Waals surface area contributed by atoms with Crippen LogP contribution in [0.15, 0.2) is 18.2 Å². The lowest BCUT2D eigenvalue weighted by Crippen LogP contribution is -2.33. The van der Waals surface area contributed by atoms with E-state index >= 15 is 0 Å². The highest BCUT2D eigenvalue weighted by molar-refractivity contribution is 5.67. The number of ether oxygens (including phenoxy) is 1. The highest BCUT2D eigenvalue weighted by Gasteiger charge is 2.15. The number of carbonyl (C=O) groups excluding carboxylic acids is 1. The van der Waals surface area contributed by atoms with E-state index < -0.39 is 11.7 Å². The van der Waals surface area contributed by atoms with Gasteiger partial charge in [-0.2, -0.15) is 10.5 Å². The molecule has 0 radical (unpaired) electrons. The lowest BCUT2D eigenvalue weighted by Gasteiger charge is -2.19. The summed E-state index contributed by atoms with van der Waals surface area (Å²) in [5.74, 6) is 0. The lowest BCUT2D eigenvalue weighted by molar-refractivity contribution is 0.0528. The average molecular weight is 300 g/mol. The number of anilines is 1. The maximum absolute atomic E-state index is 11.4. The van der Waals surface area contributed by atoms with Gasteiger partial charge >= 0.3 is 6.09 Å². The van der Waals surface area contributed by atoms with Crippen LogP contribution < -0.4 is 10.6 Å². The second-order valence-electron chi connectivity index (χ2n) is 5.69. The van der Waals surface area contributed by atoms with E-state index in [-0.39, 0.29) is 0 Å². The molecule has 0 saturated heterocycles. The van der Waals surface area contributed by atoms with Crippen molar-refractivity contribution in [2.75, 3.05) is 18.4 Å². The van der Waals surface area contributed by atoms with Gasteiger partial charge in [0.15, 0.2) is 0 Å². The molecule has 6 heteroatoms. The van der Waals surface area contributed by atoms with Crippen molar-refractivity contribution in [2.24, 2.45) is 0 Å². The zero-order valence-electron chi connectivity index (χ0n) is 13.1. The van der Waals surface area contributed by atoms with Crippen molar-refractivity contribution in [2.45, 2.75) is 32.8 Å². The smallest absolute Gasteiger partial charge is 0.407 e. The van der Waals surface area contributed by atoms with Crippen molar-refractivity contribution in [1.29, 1.82) is 10.5 Å². The zero-order valence-corrected chi connectivity index (χ0v) is 13.1. The van der Waals surface area contributed by atoms with Crippen molar-refractivity contribution in [3.05, 3.63) is 29.3 Å². The van der Waals surface area contributed by atoms with Gasteiger partial charge in [-0.1, -0.05) is 0 Å². The molecule has 0 saturated carbocycles. The normalized spacial score (nSPS) is 10.2. The number of benzene rings is 1. The van der Waals surface area contributed by atoms with E-state index in [2.05, 4.69) is 10.6 Å². The molecule has 0 spiro atoms. The van der Waals surface area contributed by atoms with Crippen LogP contribution in [0.2, 0.25) is 0 Å². The SMILES string of the molecule is CC(C)(C)OC(=O)NCCCNc1ccc(C#N)c(C#N)c1. The second kappa shape index (κ2) is 7.90. The molecule has 116 valence electrons. The summed E-state index contributed by atoms with van der Waals surface area (Å²) in [6.45, 7) is 6.55. The molecule has 6 nitrogen and oxygen atoms in total. The molecule has 0 aromatic heterocycles. The van der Waals surface area contributed by atoms with Gasteiger partial charge in [0.25, 0.3) is 0 Å². The van der Waals surface area contributed by atoms with Crippen LogP contribution in [0.25, 0.3) is 0 Å². The molecule has 1 aromatic carbocycles. The molecule has 0 bridgehead atoms. The van der Waals surface area contributed by atoms with Crippen molar-refractivity contribution in [1.82, 2.24) is 5.32 Å². The van der Waals surface area contributed by atoms with Crippen molar-refractivity contribution >= 4 is 11.8 Å². The summed E-state index contributed by atoms with van der Waals surface area (Å²) in [5.41, 5.74) is 0.977. The van der Waals surface area contributed by atoms with Crippen LogP contribution in [0, 0.1) is 22.7 Å². The van der Waals surface area contributed by atoms with Crippen LogP contribution in [0.3, 0.4) is 0 Å². The molecule has 1 amide bonds. The Morgan fingerprint density at radius 2 is 1.86 bits per heavy atom. The third-order valence-corrected chi connectivity index (χ3v) is 2.61. The quantitative estimate of drug-likeness (QED) is 0.815. The van der Waals surface area contributed by atoms with Crippen LogP contribution in [-0.2, 0) is 4.74 Å². The maximum Gasteiger partial charge on any atom is 0.407 e. The monoisotopic (exact) mass is 300 g/mol. The van der Waals surface area contributed by atoms with Crippen LogP contribution in [0.5, 0.6) is 0 Å². The van der Waals surface area contributed by atoms with E-state index in [1.807, 2.05) is 32.9 Å². The van der Waals surface area contributed by atoms with Crippen LogP contribution in [-0.4, -0.2) is 24.8 Å². The molecular formula is C16H20N4O2. The van der Waals surface area contributed by atoms with E-state index in [0.717, 1.165) is 5.69 Å². The minimum absolute atomic E-state index is 0.347. The third kappa shape index (κ3) is 6.15. The molecule has 0 unspecified atom stereocenters. The number of nitrogens with one attached hydrogen (secondary N) is 2. The summed E-state index contributed by atoms with van der Waals surface area (Å²) < 4.78 is 5.12. The van der Waals surface area contributed by atoms with Gasteiger partial charge in [-0.3, -0.25) is 0 Å². The largest absolute Gasteiger partial charge is 0.444 e. The highest BCUT2D eigenvalue weighted by atomic mass is 16.6. The van der Waals surface area contributed by atoms with E-state index in [1.54, 1.807) is 18.2 Å². The summed E-state index contributed by atoms with van der Waals surface area (Å²) in [4.78, 5) is 11.4. The van der Waals surface area contributed by atoms with Gasteiger partial charge < -0.3 is 15.4 Å². The molecular weight excluding hydrogens is 280 g/mol. The second-order valence-corrected chi connectivity index (χ2v) is 5.69. The van der Waals surface area contributed by atoms with Gasteiger partial charge in [0, 0.05) is 18.8 Å². The minimum Gasteiger partial charge on any atom is -0.444 e. The number of amides is 1. The zero-order chi connectivity index (χ0) is 16.6. The fourth-order valence-electron chi connectivity index (χ4n) is 1.67. The molecule has 0 aliphatic carbocycles. The lowest BCUT2D eigenvalue weighted by atomic mass is 10.1. The molecule has 1 aromatic rings. The number of hydrogen-bond donors (Lipinski definition) is 2. The number of hydrogen-bond acceptors (Lipinski definition) is 5. The predicted octanol–water partition coefficient (Wildman–Crippen LogP) is 2.76. The Hall–Kier alpha value is -2.73. The van der Waals surface area contributed by atoms with Gasteiger partial charge in [0.1, 0.15) is 17.7 Å². The number of nitrogens with zero attached hydrogens (tertiary/aromatic N) is 2. The third-order valence-electron chi connectivity index (χ3n) is 2.61. The Labute approximate surface area is 130 Å². The molecule has 0 aliphatic rings. The molecule has 0 fully saturated rings. The highest BCUT2D eigenvalue weighted by Crippen LogP contribution is 2.14. The maximum atomic E-state index is 11.4. The Morgan fingerprint density at radius 1 is 1.18 bits per heavy atom. The first-order valence-corrected chi connectivity index (χ1v) is 7.00. The van der Waals surface area contributed by atoms with Crippen molar-refractivity contribution < 1.29 is 9.53 Å². The van der Waals surface area contributed by atoms with Gasteiger partial charge in [-0.25, -0.2) is 4.79 Å². The van der Waals surface area contributed by atoms with Gasteiger partial charge in [-0.15, -0.1) is 0 Å². The van der Waals surface area contributed by atoms with E-state index in [4.69, 9.17) is 15.3 Å². The fraction of sp³-hybridized carbons (Fsp3) is 0.438.